The van der Waals surface area contributed by atoms with E-state index in [1.54, 1.807) is 17.0 Å². The third-order valence-electron chi connectivity index (χ3n) is 7.98. The number of aromatic nitrogens is 1. The Bertz CT molecular complexity index is 912. The molecule has 7 nitrogen and oxygen atoms in total. The molecule has 2 amide bonds. The minimum atomic E-state index is -4.19. The lowest BCUT2D eigenvalue weighted by molar-refractivity contribution is -0.185. The maximum atomic E-state index is 13.1. The van der Waals surface area contributed by atoms with E-state index in [0.717, 1.165) is 32.1 Å². The summed E-state index contributed by atoms with van der Waals surface area (Å²) in [5, 5.41) is 13.5. The second-order valence-electron chi connectivity index (χ2n) is 10.5. The van der Waals surface area contributed by atoms with Crippen LogP contribution < -0.4 is 10.1 Å². The molecule has 3 aliphatic rings. The van der Waals surface area contributed by atoms with E-state index in [1.165, 1.54) is 6.20 Å². The monoisotopic (exact) mass is 511 g/mol. The Balaban J connectivity index is 1.32. The Morgan fingerprint density at radius 1 is 1.11 bits per heavy atom. The van der Waals surface area contributed by atoms with Crippen LogP contribution in [0.1, 0.15) is 81.1 Å². The van der Waals surface area contributed by atoms with Gasteiger partial charge in [0.25, 0.3) is 5.91 Å². The zero-order valence-corrected chi connectivity index (χ0v) is 20.6. The van der Waals surface area contributed by atoms with Gasteiger partial charge in [0.1, 0.15) is 6.61 Å². The number of aliphatic hydroxyl groups is 1. The van der Waals surface area contributed by atoms with Crippen molar-refractivity contribution in [2.45, 2.75) is 88.4 Å². The SMILES string of the molecule is O=C(NCC1(O)CCCCC1)c1ncccc1OCC1CCCN1C(=O)C1CCC(C(F)(F)F)CC1. The van der Waals surface area contributed by atoms with Gasteiger partial charge < -0.3 is 20.1 Å². The summed E-state index contributed by atoms with van der Waals surface area (Å²) >= 11 is 0. The molecule has 0 bridgehead atoms. The van der Waals surface area contributed by atoms with Gasteiger partial charge in [-0.25, -0.2) is 4.98 Å². The van der Waals surface area contributed by atoms with Crippen molar-refractivity contribution in [1.29, 1.82) is 0 Å². The smallest absolute Gasteiger partial charge is 0.391 e. The quantitative estimate of drug-likeness (QED) is 0.571. The minimum absolute atomic E-state index is 0.00179. The number of carbonyl (C=O) groups excluding carboxylic acids is 2. The number of amides is 2. The van der Waals surface area contributed by atoms with Crippen molar-refractivity contribution in [3.05, 3.63) is 24.0 Å². The average molecular weight is 512 g/mol. The lowest BCUT2D eigenvalue weighted by Gasteiger charge is -2.33. The normalized spacial score (nSPS) is 26.4. The van der Waals surface area contributed by atoms with E-state index in [1.807, 2.05) is 0 Å². The minimum Gasteiger partial charge on any atom is -0.489 e. The molecule has 3 fully saturated rings. The molecule has 1 aliphatic heterocycles. The molecule has 2 heterocycles. The van der Waals surface area contributed by atoms with Gasteiger partial charge in [-0.05, 0) is 63.5 Å². The molecule has 1 saturated heterocycles. The van der Waals surface area contributed by atoms with Crippen molar-refractivity contribution < 1.29 is 32.6 Å². The standard InChI is InChI=1S/C26H36F3N3O4/c27-26(28,29)19-10-8-18(9-11-19)24(34)32-15-5-6-20(32)16-36-21-7-4-14-30-22(21)23(33)31-17-25(35)12-2-1-3-13-25/h4,7,14,18-20,35H,1-3,5-6,8-13,15-17H2,(H,31,33). The van der Waals surface area contributed by atoms with Gasteiger partial charge in [-0.2, -0.15) is 13.2 Å². The summed E-state index contributed by atoms with van der Waals surface area (Å²) in [6.45, 7) is 0.897. The average Bonchev–Trinajstić information content (AvgIpc) is 3.34. The van der Waals surface area contributed by atoms with Gasteiger partial charge in [0.2, 0.25) is 5.91 Å². The fourth-order valence-electron chi connectivity index (χ4n) is 5.78. The third kappa shape index (κ3) is 6.49. The molecule has 1 aromatic heterocycles. The van der Waals surface area contributed by atoms with Crippen LogP contribution in [0.3, 0.4) is 0 Å². The highest BCUT2D eigenvalue weighted by Crippen LogP contribution is 2.40. The van der Waals surface area contributed by atoms with Gasteiger partial charge in [-0.1, -0.05) is 19.3 Å². The summed E-state index contributed by atoms with van der Waals surface area (Å²) in [5.74, 6) is -1.91. The van der Waals surface area contributed by atoms with E-state index < -0.39 is 23.6 Å². The van der Waals surface area contributed by atoms with E-state index in [-0.39, 0.29) is 62.4 Å². The highest BCUT2D eigenvalue weighted by molar-refractivity contribution is 5.94. The number of likely N-dealkylation sites (tertiary alicyclic amines) is 1. The fraction of sp³-hybridized carbons (Fsp3) is 0.731. The molecule has 2 N–H and O–H groups in total. The first-order chi connectivity index (χ1) is 17.2. The molecule has 4 rings (SSSR count). The van der Waals surface area contributed by atoms with Crippen LogP contribution in [0.4, 0.5) is 13.2 Å². The summed E-state index contributed by atoms with van der Waals surface area (Å²) in [6.07, 6.45) is 3.62. The van der Waals surface area contributed by atoms with Crippen molar-refractivity contribution in [3.63, 3.8) is 0 Å². The Hall–Kier alpha value is -2.36. The summed E-state index contributed by atoms with van der Waals surface area (Å²) in [6, 6.07) is 3.12. The van der Waals surface area contributed by atoms with E-state index in [0.29, 0.717) is 25.1 Å². The summed E-state index contributed by atoms with van der Waals surface area (Å²) in [5.41, 5.74) is -0.772. The first-order valence-electron chi connectivity index (χ1n) is 13.1. The Kier molecular flexibility index (Phi) is 8.42. The van der Waals surface area contributed by atoms with Crippen molar-refractivity contribution in [2.75, 3.05) is 19.7 Å². The number of hydrogen-bond donors (Lipinski definition) is 2. The predicted molar refractivity (Wildman–Crippen MR) is 126 cm³/mol. The number of hydrogen-bond acceptors (Lipinski definition) is 5. The van der Waals surface area contributed by atoms with Crippen LogP contribution in [-0.2, 0) is 4.79 Å². The molecule has 0 radical (unpaired) electrons. The summed E-state index contributed by atoms with van der Waals surface area (Å²) < 4.78 is 44.9. The molecule has 0 spiro atoms. The molecule has 1 unspecified atom stereocenters. The van der Waals surface area contributed by atoms with Crippen molar-refractivity contribution >= 4 is 11.8 Å². The zero-order chi connectivity index (χ0) is 25.8. The molecular formula is C26H36F3N3O4. The second-order valence-corrected chi connectivity index (χ2v) is 10.5. The first-order valence-corrected chi connectivity index (χ1v) is 13.1. The molecule has 1 aromatic rings. The van der Waals surface area contributed by atoms with Crippen molar-refractivity contribution in [2.24, 2.45) is 11.8 Å². The lowest BCUT2D eigenvalue weighted by Crippen LogP contribution is -2.44. The Morgan fingerprint density at radius 3 is 2.53 bits per heavy atom. The van der Waals surface area contributed by atoms with Crippen LogP contribution in [0.25, 0.3) is 0 Å². The van der Waals surface area contributed by atoms with Gasteiger partial charge in [-0.3, -0.25) is 9.59 Å². The first kappa shape index (κ1) is 26.7. The number of alkyl halides is 3. The molecule has 0 aromatic carbocycles. The summed E-state index contributed by atoms with van der Waals surface area (Å²) in [7, 11) is 0. The number of ether oxygens (including phenoxy) is 1. The second kappa shape index (κ2) is 11.4. The molecule has 200 valence electrons. The van der Waals surface area contributed by atoms with Crippen LogP contribution in [0, 0.1) is 11.8 Å². The number of rotatable bonds is 7. The van der Waals surface area contributed by atoms with Crippen LogP contribution in [0.5, 0.6) is 5.75 Å². The maximum absolute atomic E-state index is 13.1. The molecule has 2 saturated carbocycles. The molecule has 2 aliphatic carbocycles. The van der Waals surface area contributed by atoms with E-state index in [9.17, 15) is 27.9 Å². The highest BCUT2D eigenvalue weighted by Gasteiger charge is 2.44. The molecule has 1 atom stereocenters. The van der Waals surface area contributed by atoms with Crippen LogP contribution in [0.15, 0.2) is 18.3 Å². The zero-order valence-electron chi connectivity index (χ0n) is 20.6. The summed E-state index contributed by atoms with van der Waals surface area (Å²) in [4.78, 5) is 31.8. The number of halogens is 3. The Morgan fingerprint density at radius 2 is 1.83 bits per heavy atom. The molecule has 36 heavy (non-hydrogen) atoms. The van der Waals surface area contributed by atoms with E-state index >= 15 is 0 Å². The van der Waals surface area contributed by atoms with E-state index in [2.05, 4.69) is 10.3 Å². The third-order valence-corrected chi connectivity index (χ3v) is 7.98. The van der Waals surface area contributed by atoms with Gasteiger partial charge in [0.05, 0.1) is 17.6 Å². The van der Waals surface area contributed by atoms with Gasteiger partial charge >= 0.3 is 6.18 Å². The number of pyridine rings is 1. The van der Waals surface area contributed by atoms with E-state index in [4.69, 9.17) is 4.74 Å². The topological polar surface area (TPSA) is 91.8 Å². The Labute approximate surface area is 209 Å². The van der Waals surface area contributed by atoms with Crippen LogP contribution in [0.2, 0.25) is 0 Å². The van der Waals surface area contributed by atoms with Gasteiger partial charge in [0.15, 0.2) is 11.4 Å². The van der Waals surface area contributed by atoms with Crippen molar-refractivity contribution in [3.8, 4) is 5.75 Å². The van der Waals surface area contributed by atoms with Crippen molar-refractivity contribution in [1.82, 2.24) is 15.2 Å². The van der Waals surface area contributed by atoms with Gasteiger partial charge in [0, 0.05) is 25.2 Å². The lowest BCUT2D eigenvalue weighted by atomic mass is 9.81. The predicted octanol–water partition coefficient (Wildman–Crippen LogP) is 4.25. The van der Waals surface area contributed by atoms with Crippen LogP contribution >= 0.6 is 0 Å². The fourth-order valence-corrected chi connectivity index (χ4v) is 5.78. The number of nitrogens with zero attached hydrogens (tertiary/aromatic N) is 2. The number of nitrogens with one attached hydrogen (secondary N) is 1. The highest BCUT2D eigenvalue weighted by atomic mass is 19.4. The molecular weight excluding hydrogens is 475 g/mol. The largest absolute Gasteiger partial charge is 0.489 e. The maximum Gasteiger partial charge on any atom is 0.391 e. The van der Waals surface area contributed by atoms with Crippen LogP contribution in [-0.4, -0.2) is 64.3 Å². The molecule has 10 heteroatoms. The van der Waals surface area contributed by atoms with Gasteiger partial charge in [-0.15, -0.1) is 0 Å². The number of carbonyl (C=O) groups is 2.